The molecule has 3 aromatic rings. The maximum atomic E-state index is 12.6. The molecule has 0 bridgehead atoms. The van der Waals surface area contributed by atoms with Crippen LogP contribution in [0.3, 0.4) is 0 Å². The number of aryl methyl sites for hydroxylation is 2. The summed E-state index contributed by atoms with van der Waals surface area (Å²) in [7, 11) is 1.51. The predicted octanol–water partition coefficient (Wildman–Crippen LogP) is 4.21. The summed E-state index contributed by atoms with van der Waals surface area (Å²) in [5.74, 6) is -1.16. The van der Waals surface area contributed by atoms with Crippen LogP contribution < -0.4 is 9.64 Å². The zero-order valence-corrected chi connectivity index (χ0v) is 19.5. The fourth-order valence-electron chi connectivity index (χ4n) is 3.66. The quantitative estimate of drug-likeness (QED) is 0.385. The summed E-state index contributed by atoms with van der Waals surface area (Å²) < 4.78 is 10.3. The minimum absolute atomic E-state index is 0.0324. The van der Waals surface area contributed by atoms with E-state index in [-0.39, 0.29) is 31.3 Å². The molecule has 1 amide bonds. The van der Waals surface area contributed by atoms with Gasteiger partial charge in [0.15, 0.2) is 17.5 Å². The van der Waals surface area contributed by atoms with E-state index in [1.54, 1.807) is 24.3 Å². The number of hydrogen-bond acceptors (Lipinski definition) is 7. The van der Waals surface area contributed by atoms with Crippen LogP contribution in [-0.2, 0) is 14.3 Å². The lowest BCUT2D eigenvalue weighted by Gasteiger charge is -2.13. The monoisotopic (exact) mass is 464 g/mol. The van der Waals surface area contributed by atoms with Gasteiger partial charge in [-0.2, -0.15) is 0 Å². The number of rotatable bonds is 7. The van der Waals surface area contributed by atoms with Crippen molar-refractivity contribution in [2.24, 2.45) is 5.92 Å². The highest BCUT2D eigenvalue weighted by molar-refractivity contribution is 7.16. The van der Waals surface area contributed by atoms with Crippen molar-refractivity contribution in [1.82, 2.24) is 4.98 Å². The summed E-state index contributed by atoms with van der Waals surface area (Å²) in [4.78, 5) is 44.7. The number of amides is 1. The molecule has 170 valence electrons. The Bertz CT molecular complexity index is 1200. The summed E-state index contributed by atoms with van der Waals surface area (Å²) in [6, 6.07) is 14.7. The number of esters is 1. The van der Waals surface area contributed by atoms with Crippen LogP contribution in [0.1, 0.15) is 27.2 Å². The molecule has 2 heterocycles. The molecule has 0 spiro atoms. The van der Waals surface area contributed by atoms with Crippen LogP contribution in [-0.4, -0.2) is 42.9 Å². The van der Waals surface area contributed by atoms with Crippen molar-refractivity contribution >= 4 is 34.1 Å². The molecule has 33 heavy (non-hydrogen) atoms. The highest BCUT2D eigenvalue weighted by atomic mass is 32.1. The van der Waals surface area contributed by atoms with E-state index in [9.17, 15) is 14.4 Å². The first-order valence-corrected chi connectivity index (χ1v) is 11.4. The summed E-state index contributed by atoms with van der Waals surface area (Å²) in [6.45, 7) is 3.79. The van der Waals surface area contributed by atoms with Crippen LogP contribution in [0, 0.1) is 19.8 Å². The number of ether oxygens (including phenoxy) is 2. The molecule has 0 saturated carbocycles. The fourth-order valence-corrected chi connectivity index (χ4v) is 4.62. The molecule has 1 fully saturated rings. The average Bonchev–Trinajstić information content (AvgIpc) is 3.40. The molecule has 8 heteroatoms. The van der Waals surface area contributed by atoms with Gasteiger partial charge in [0, 0.05) is 29.0 Å². The fraction of sp³-hybridized carbons (Fsp3) is 0.280. The first kappa shape index (κ1) is 22.7. The van der Waals surface area contributed by atoms with Gasteiger partial charge in [-0.05, 0) is 26.0 Å². The molecule has 0 unspecified atom stereocenters. The normalized spacial score (nSPS) is 15.5. The van der Waals surface area contributed by atoms with Crippen LogP contribution in [0.2, 0.25) is 0 Å². The lowest BCUT2D eigenvalue weighted by atomic mass is 10.1. The lowest BCUT2D eigenvalue weighted by molar-refractivity contribution is -0.147. The average molecular weight is 465 g/mol. The number of Topliss-reactive ketones (excluding diaryl/α,β-unsaturated/α-hetero) is 1. The Morgan fingerprint density at radius 2 is 1.91 bits per heavy atom. The first-order chi connectivity index (χ1) is 15.9. The summed E-state index contributed by atoms with van der Waals surface area (Å²) in [5, 5.41) is 0.566. The molecule has 0 aliphatic carbocycles. The SMILES string of the molecule is COc1cccc(C(=O)COC(=O)[C@H]2CC(=O)N(c3nc(-c4ccc(C)cc4)c(C)s3)C2)c1. The number of anilines is 1. The van der Waals surface area contributed by atoms with E-state index >= 15 is 0 Å². The number of nitrogens with zero attached hydrogens (tertiary/aromatic N) is 2. The molecule has 0 radical (unpaired) electrons. The number of hydrogen-bond donors (Lipinski definition) is 0. The number of carbonyl (C=O) groups excluding carboxylic acids is 3. The van der Waals surface area contributed by atoms with Gasteiger partial charge in [0.2, 0.25) is 5.91 Å². The highest BCUT2D eigenvalue weighted by Gasteiger charge is 2.38. The van der Waals surface area contributed by atoms with Gasteiger partial charge >= 0.3 is 5.97 Å². The van der Waals surface area contributed by atoms with Gasteiger partial charge in [0.25, 0.3) is 0 Å². The summed E-state index contributed by atoms with van der Waals surface area (Å²) in [6.07, 6.45) is 0.0324. The number of benzene rings is 2. The number of carbonyl (C=O) groups is 3. The Balaban J connectivity index is 1.40. The molecule has 1 aromatic heterocycles. The minimum atomic E-state index is -0.636. The third-order valence-electron chi connectivity index (χ3n) is 5.54. The Morgan fingerprint density at radius 1 is 1.15 bits per heavy atom. The van der Waals surface area contributed by atoms with Crippen molar-refractivity contribution in [1.29, 1.82) is 0 Å². The second-order valence-corrected chi connectivity index (χ2v) is 9.12. The van der Waals surface area contributed by atoms with E-state index in [0.29, 0.717) is 16.4 Å². The Kier molecular flexibility index (Phi) is 6.55. The van der Waals surface area contributed by atoms with Crippen LogP contribution in [0.15, 0.2) is 48.5 Å². The molecule has 0 N–H and O–H groups in total. The van der Waals surface area contributed by atoms with E-state index in [0.717, 1.165) is 21.7 Å². The number of thiazole rings is 1. The van der Waals surface area contributed by atoms with Crippen LogP contribution in [0.5, 0.6) is 5.75 Å². The zero-order valence-electron chi connectivity index (χ0n) is 18.7. The Labute approximate surface area is 196 Å². The Hall–Kier alpha value is -3.52. The number of aromatic nitrogens is 1. The standard InChI is InChI=1S/C25H24N2O5S/c1-15-7-9-17(10-8-15)23-16(2)33-25(26-23)27-13-19(12-22(27)29)24(30)32-14-21(28)18-5-4-6-20(11-18)31-3/h4-11,19H,12-14H2,1-3H3/t19-/m0/s1. The number of methoxy groups -OCH3 is 1. The van der Waals surface area contributed by atoms with Gasteiger partial charge < -0.3 is 9.47 Å². The summed E-state index contributed by atoms with van der Waals surface area (Å²) in [5.41, 5.74) is 3.37. The second-order valence-electron chi connectivity index (χ2n) is 7.94. The van der Waals surface area contributed by atoms with Crippen LogP contribution >= 0.6 is 11.3 Å². The molecule has 2 aromatic carbocycles. The third kappa shape index (κ3) is 4.96. The molecule has 4 rings (SSSR count). The van der Waals surface area contributed by atoms with Crippen molar-refractivity contribution in [3.63, 3.8) is 0 Å². The molecule has 1 atom stereocenters. The maximum absolute atomic E-state index is 12.6. The van der Waals surface area contributed by atoms with Crippen molar-refractivity contribution < 1.29 is 23.9 Å². The van der Waals surface area contributed by atoms with E-state index in [1.165, 1.54) is 23.3 Å². The van der Waals surface area contributed by atoms with Crippen molar-refractivity contribution in [2.75, 3.05) is 25.2 Å². The highest BCUT2D eigenvalue weighted by Crippen LogP contribution is 2.35. The molecule has 1 saturated heterocycles. The first-order valence-electron chi connectivity index (χ1n) is 10.5. The largest absolute Gasteiger partial charge is 0.497 e. The van der Waals surface area contributed by atoms with Crippen molar-refractivity contribution in [3.8, 4) is 17.0 Å². The molecule has 1 aliphatic rings. The molecular formula is C25H24N2O5S. The minimum Gasteiger partial charge on any atom is -0.497 e. The summed E-state index contributed by atoms with van der Waals surface area (Å²) >= 11 is 1.42. The third-order valence-corrected chi connectivity index (χ3v) is 6.53. The van der Waals surface area contributed by atoms with Gasteiger partial charge in [-0.15, -0.1) is 11.3 Å². The van der Waals surface area contributed by atoms with Gasteiger partial charge in [-0.1, -0.05) is 42.0 Å². The van der Waals surface area contributed by atoms with Crippen LogP contribution in [0.25, 0.3) is 11.3 Å². The van der Waals surface area contributed by atoms with Gasteiger partial charge in [0.05, 0.1) is 18.7 Å². The lowest BCUT2D eigenvalue weighted by Crippen LogP contribution is -2.27. The van der Waals surface area contributed by atoms with Crippen LogP contribution in [0.4, 0.5) is 5.13 Å². The smallest absolute Gasteiger partial charge is 0.311 e. The molecule has 1 aliphatic heterocycles. The van der Waals surface area contributed by atoms with Gasteiger partial charge in [-0.25, -0.2) is 4.98 Å². The van der Waals surface area contributed by atoms with Gasteiger partial charge in [0.1, 0.15) is 5.75 Å². The number of ketones is 1. The van der Waals surface area contributed by atoms with Gasteiger partial charge in [-0.3, -0.25) is 19.3 Å². The van der Waals surface area contributed by atoms with Crippen molar-refractivity contribution in [3.05, 3.63) is 64.5 Å². The Morgan fingerprint density at radius 3 is 2.64 bits per heavy atom. The van der Waals surface area contributed by atoms with E-state index in [4.69, 9.17) is 9.47 Å². The maximum Gasteiger partial charge on any atom is 0.311 e. The van der Waals surface area contributed by atoms with E-state index < -0.39 is 11.9 Å². The topological polar surface area (TPSA) is 85.8 Å². The zero-order chi connectivity index (χ0) is 23.5. The van der Waals surface area contributed by atoms with Crippen molar-refractivity contribution in [2.45, 2.75) is 20.3 Å². The molecule has 7 nitrogen and oxygen atoms in total. The second kappa shape index (κ2) is 9.54. The predicted molar refractivity (Wildman–Crippen MR) is 126 cm³/mol. The van der Waals surface area contributed by atoms with E-state index in [1.807, 2.05) is 38.1 Å². The van der Waals surface area contributed by atoms with E-state index in [2.05, 4.69) is 4.98 Å². The molecular weight excluding hydrogens is 440 g/mol.